The first-order chi connectivity index (χ1) is 14.3. The highest BCUT2D eigenvalue weighted by molar-refractivity contribution is 7.80. The third-order valence-electron chi connectivity index (χ3n) is 3.96. The van der Waals surface area contributed by atoms with Crippen molar-refractivity contribution in [1.82, 2.24) is 0 Å². The lowest BCUT2D eigenvalue weighted by atomic mass is 10.1. The number of Topliss-reactive ketones (excluding diaryl/α,β-unsaturated/α-hetero) is 1. The molecule has 0 unspecified atom stereocenters. The molecule has 0 saturated carbocycles. The molecule has 0 aliphatic rings. The van der Waals surface area contributed by atoms with Gasteiger partial charge in [-0.15, -0.1) is 0 Å². The number of nitrogens with zero attached hydrogens (tertiary/aromatic N) is 1. The van der Waals surface area contributed by atoms with Crippen molar-refractivity contribution in [3.8, 4) is 11.5 Å². The Morgan fingerprint density at radius 2 is 1.60 bits per heavy atom. The van der Waals surface area contributed by atoms with Gasteiger partial charge in [0.1, 0.15) is 11.5 Å². The molecule has 0 aromatic heterocycles. The van der Waals surface area contributed by atoms with Crippen molar-refractivity contribution in [3.63, 3.8) is 0 Å². The standard InChI is InChI=1S/C21H16ClN3O4S/c1-13(26)14-2-6-16(7-3-14)23-21(30)24-17-10-18(25(27)28)12-20(11-17)29-19-8-4-15(22)5-9-19/h2-12H,1H3,(H2,23,24,30). The van der Waals surface area contributed by atoms with Crippen molar-refractivity contribution in [2.45, 2.75) is 6.92 Å². The summed E-state index contributed by atoms with van der Waals surface area (Å²) in [5.74, 6) is 0.715. The largest absolute Gasteiger partial charge is 0.457 e. The quantitative estimate of drug-likeness (QED) is 0.208. The number of anilines is 2. The second-order valence-corrected chi connectivity index (χ2v) is 7.09. The molecule has 0 spiro atoms. The molecule has 0 atom stereocenters. The van der Waals surface area contributed by atoms with Gasteiger partial charge in [0.15, 0.2) is 10.9 Å². The number of carbonyl (C=O) groups excluding carboxylic acids is 1. The second-order valence-electron chi connectivity index (χ2n) is 6.24. The number of rotatable bonds is 6. The van der Waals surface area contributed by atoms with Gasteiger partial charge in [0.2, 0.25) is 0 Å². The molecule has 0 saturated heterocycles. The van der Waals surface area contributed by atoms with Crippen LogP contribution < -0.4 is 15.4 Å². The number of nitro benzene ring substituents is 1. The number of halogens is 1. The average molecular weight is 442 g/mol. The van der Waals surface area contributed by atoms with Crippen molar-refractivity contribution in [3.05, 3.63) is 87.4 Å². The fourth-order valence-corrected chi connectivity index (χ4v) is 2.90. The summed E-state index contributed by atoms with van der Waals surface area (Å²) in [7, 11) is 0. The molecule has 9 heteroatoms. The number of benzene rings is 3. The number of non-ortho nitro benzene ring substituents is 1. The smallest absolute Gasteiger partial charge is 0.275 e. The van der Waals surface area contributed by atoms with E-state index in [4.69, 9.17) is 28.6 Å². The van der Waals surface area contributed by atoms with E-state index in [1.807, 2.05) is 0 Å². The normalized spacial score (nSPS) is 10.2. The van der Waals surface area contributed by atoms with Crippen LogP contribution in [0.2, 0.25) is 5.02 Å². The first-order valence-corrected chi connectivity index (χ1v) is 9.51. The molecule has 0 radical (unpaired) electrons. The highest BCUT2D eigenvalue weighted by atomic mass is 35.5. The summed E-state index contributed by atoms with van der Waals surface area (Å²) in [6.45, 7) is 1.49. The van der Waals surface area contributed by atoms with Crippen LogP contribution in [-0.2, 0) is 0 Å². The summed E-state index contributed by atoms with van der Waals surface area (Å²) in [5, 5.41) is 17.9. The van der Waals surface area contributed by atoms with E-state index in [-0.39, 0.29) is 22.3 Å². The fraction of sp³-hybridized carbons (Fsp3) is 0.0476. The lowest BCUT2D eigenvalue weighted by Gasteiger charge is -2.12. The molecule has 152 valence electrons. The van der Waals surface area contributed by atoms with Gasteiger partial charge in [-0.25, -0.2) is 0 Å². The van der Waals surface area contributed by atoms with Gasteiger partial charge in [0, 0.05) is 28.4 Å². The first-order valence-electron chi connectivity index (χ1n) is 8.72. The lowest BCUT2D eigenvalue weighted by molar-refractivity contribution is -0.384. The van der Waals surface area contributed by atoms with Crippen molar-refractivity contribution in [2.24, 2.45) is 0 Å². The van der Waals surface area contributed by atoms with E-state index in [2.05, 4.69) is 10.6 Å². The zero-order chi connectivity index (χ0) is 21.7. The molecule has 3 aromatic rings. The topological polar surface area (TPSA) is 93.5 Å². The number of ether oxygens (including phenoxy) is 1. The van der Waals surface area contributed by atoms with Gasteiger partial charge in [-0.3, -0.25) is 14.9 Å². The summed E-state index contributed by atoms with van der Waals surface area (Å²) >= 11 is 11.1. The number of ketones is 1. The summed E-state index contributed by atoms with van der Waals surface area (Å²) in [6.07, 6.45) is 0. The predicted molar refractivity (Wildman–Crippen MR) is 121 cm³/mol. The van der Waals surface area contributed by atoms with Crippen LogP contribution in [0.3, 0.4) is 0 Å². The van der Waals surface area contributed by atoms with Gasteiger partial charge in [-0.2, -0.15) is 0 Å². The molecule has 0 heterocycles. The van der Waals surface area contributed by atoms with Crippen LogP contribution in [0.5, 0.6) is 11.5 Å². The van der Waals surface area contributed by atoms with Gasteiger partial charge in [0.25, 0.3) is 5.69 Å². The Labute approximate surface area is 182 Å². The summed E-state index contributed by atoms with van der Waals surface area (Å²) in [6, 6.07) is 17.7. The third kappa shape index (κ3) is 5.76. The number of hydrogen-bond donors (Lipinski definition) is 2. The van der Waals surface area contributed by atoms with E-state index in [0.29, 0.717) is 27.7 Å². The Kier molecular flexibility index (Phi) is 6.61. The number of thiocarbonyl (C=S) groups is 1. The van der Waals surface area contributed by atoms with Gasteiger partial charge in [0.05, 0.1) is 16.7 Å². The molecule has 0 fully saturated rings. The molecular formula is C21H16ClN3O4S. The van der Waals surface area contributed by atoms with E-state index < -0.39 is 4.92 Å². The lowest BCUT2D eigenvalue weighted by Crippen LogP contribution is -2.19. The van der Waals surface area contributed by atoms with Gasteiger partial charge in [-0.05, 0) is 67.7 Å². The minimum Gasteiger partial charge on any atom is -0.457 e. The Morgan fingerprint density at radius 1 is 0.967 bits per heavy atom. The van der Waals surface area contributed by atoms with E-state index in [0.717, 1.165) is 0 Å². The minimum absolute atomic E-state index is 0.0351. The summed E-state index contributed by atoms with van der Waals surface area (Å²) < 4.78 is 5.70. The SMILES string of the molecule is CC(=O)c1ccc(NC(=S)Nc2cc(Oc3ccc(Cl)cc3)cc([N+](=O)[O-])c2)cc1. The Hall–Kier alpha value is -3.49. The van der Waals surface area contributed by atoms with Crippen LogP contribution in [-0.4, -0.2) is 15.8 Å². The zero-order valence-corrected chi connectivity index (χ0v) is 17.3. The van der Waals surface area contributed by atoms with E-state index in [1.54, 1.807) is 54.6 Å². The zero-order valence-electron chi connectivity index (χ0n) is 15.7. The minimum atomic E-state index is -0.517. The molecule has 30 heavy (non-hydrogen) atoms. The van der Waals surface area contributed by atoms with Crippen molar-refractivity contribution >= 4 is 51.8 Å². The van der Waals surface area contributed by atoms with E-state index >= 15 is 0 Å². The maximum atomic E-state index is 11.4. The Bertz CT molecular complexity index is 1100. The van der Waals surface area contributed by atoms with Crippen molar-refractivity contribution in [1.29, 1.82) is 0 Å². The van der Waals surface area contributed by atoms with Crippen LogP contribution in [0.1, 0.15) is 17.3 Å². The van der Waals surface area contributed by atoms with Crippen LogP contribution in [0.4, 0.5) is 17.1 Å². The molecule has 3 aromatic carbocycles. The van der Waals surface area contributed by atoms with Gasteiger partial charge < -0.3 is 15.4 Å². The third-order valence-corrected chi connectivity index (χ3v) is 4.41. The molecular weight excluding hydrogens is 426 g/mol. The molecule has 7 nitrogen and oxygen atoms in total. The highest BCUT2D eigenvalue weighted by Crippen LogP contribution is 2.30. The molecule has 2 N–H and O–H groups in total. The molecule has 0 bridgehead atoms. The monoisotopic (exact) mass is 441 g/mol. The molecule has 3 rings (SSSR count). The van der Waals surface area contributed by atoms with Gasteiger partial charge >= 0.3 is 0 Å². The molecule has 0 aliphatic heterocycles. The van der Waals surface area contributed by atoms with Crippen LogP contribution in [0.25, 0.3) is 0 Å². The van der Waals surface area contributed by atoms with Crippen LogP contribution >= 0.6 is 23.8 Å². The second kappa shape index (κ2) is 9.34. The number of nitro groups is 1. The van der Waals surface area contributed by atoms with Gasteiger partial charge in [-0.1, -0.05) is 11.6 Å². The van der Waals surface area contributed by atoms with E-state index in [1.165, 1.54) is 19.1 Å². The summed E-state index contributed by atoms with van der Waals surface area (Å²) in [4.78, 5) is 22.1. The van der Waals surface area contributed by atoms with Crippen molar-refractivity contribution < 1.29 is 14.5 Å². The predicted octanol–water partition coefficient (Wildman–Crippen LogP) is 6.05. The highest BCUT2D eigenvalue weighted by Gasteiger charge is 2.12. The Balaban J connectivity index is 1.75. The average Bonchev–Trinajstić information content (AvgIpc) is 2.70. The number of nitrogens with one attached hydrogen (secondary N) is 2. The number of carbonyl (C=O) groups is 1. The summed E-state index contributed by atoms with van der Waals surface area (Å²) in [5.41, 5.74) is 1.48. The van der Waals surface area contributed by atoms with E-state index in [9.17, 15) is 14.9 Å². The fourth-order valence-electron chi connectivity index (χ4n) is 2.54. The maximum Gasteiger partial charge on any atom is 0.275 e. The maximum absolute atomic E-state index is 11.4. The first kappa shape index (κ1) is 21.2. The van der Waals surface area contributed by atoms with Crippen molar-refractivity contribution in [2.75, 3.05) is 10.6 Å². The Morgan fingerprint density at radius 3 is 2.20 bits per heavy atom. The van der Waals surface area contributed by atoms with Crippen LogP contribution in [0, 0.1) is 10.1 Å². The van der Waals surface area contributed by atoms with Crippen LogP contribution in [0.15, 0.2) is 66.7 Å². The number of hydrogen-bond acceptors (Lipinski definition) is 5. The molecule has 0 amide bonds. The molecule has 0 aliphatic carbocycles.